The third-order valence-electron chi connectivity index (χ3n) is 2.21. The number of rotatable bonds is 0. The molecule has 17 heavy (non-hydrogen) atoms. The summed E-state index contributed by atoms with van der Waals surface area (Å²) in [4.78, 5) is 34.3. The number of oxime groups is 1. The molecule has 0 spiro atoms. The summed E-state index contributed by atoms with van der Waals surface area (Å²) < 4.78 is 12.9. The van der Waals surface area contributed by atoms with Crippen LogP contribution in [0.5, 0.6) is 0 Å². The first-order chi connectivity index (χ1) is 8.04. The zero-order valence-electron chi connectivity index (χ0n) is 8.23. The van der Waals surface area contributed by atoms with E-state index in [1.165, 1.54) is 0 Å². The fourth-order valence-corrected chi connectivity index (χ4v) is 1.43. The van der Waals surface area contributed by atoms with E-state index >= 15 is 0 Å². The van der Waals surface area contributed by atoms with Gasteiger partial charge < -0.3 is 10.5 Å². The standard InChI is InChI=1S/C10H5FN2O4/c11-4-1-2-5-6(3-4)12-10(16)9(15)7(13-17)8(5)14/h1-3,17H,(H,12,16)/b13-7-. The number of nitrogens with zero attached hydrogens (tertiary/aromatic N) is 1. The lowest BCUT2D eigenvalue weighted by atomic mass is 10.0. The number of ketones is 2. The smallest absolute Gasteiger partial charge is 0.298 e. The Bertz CT molecular complexity index is 580. The van der Waals surface area contributed by atoms with Crippen molar-refractivity contribution in [3.8, 4) is 0 Å². The summed E-state index contributed by atoms with van der Waals surface area (Å²) in [6.45, 7) is 0. The number of amides is 1. The van der Waals surface area contributed by atoms with Crippen molar-refractivity contribution in [2.75, 3.05) is 5.32 Å². The van der Waals surface area contributed by atoms with Gasteiger partial charge in [-0.05, 0) is 18.2 Å². The summed E-state index contributed by atoms with van der Waals surface area (Å²) in [5.41, 5.74) is -1.14. The monoisotopic (exact) mass is 236 g/mol. The van der Waals surface area contributed by atoms with Crippen LogP contribution in [0.15, 0.2) is 23.4 Å². The second-order valence-electron chi connectivity index (χ2n) is 3.25. The number of anilines is 1. The van der Waals surface area contributed by atoms with Gasteiger partial charge in [0, 0.05) is 5.56 Å². The molecule has 0 bridgehead atoms. The molecule has 1 aromatic carbocycles. The van der Waals surface area contributed by atoms with Crippen LogP contribution in [0.2, 0.25) is 0 Å². The quantitative estimate of drug-likeness (QED) is 0.386. The van der Waals surface area contributed by atoms with Crippen LogP contribution in [0.4, 0.5) is 10.1 Å². The highest BCUT2D eigenvalue weighted by molar-refractivity contribution is 6.83. The Labute approximate surface area is 93.7 Å². The van der Waals surface area contributed by atoms with Crippen molar-refractivity contribution in [2.24, 2.45) is 5.16 Å². The molecule has 1 aromatic rings. The average molecular weight is 236 g/mol. The largest absolute Gasteiger partial charge is 0.410 e. The Morgan fingerprint density at radius 3 is 2.53 bits per heavy atom. The molecular formula is C10H5FN2O4. The molecule has 1 aliphatic heterocycles. The van der Waals surface area contributed by atoms with Crippen LogP contribution in [-0.4, -0.2) is 28.4 Å². The number of carbonyl (C=O) groups excluding carboxylic acids is 3. The van der Waals surface area contributed by atoms with Crippen LogP contribution in [0, 0.1) is 5.82 Å². The average Bonchev–Trinajstić information content (AvgIpc) is 2.36. The third-order valence-corrected chi connectivity index (χ3v) is 2.21. The van der Waals surface area contributed by atoms with E-state index < -0.39 is 29.0 Å². The maximum atomic E-state index is 12.9. The van der Waals surface area contributed by atoms with E-state index in [2.05, 4.69) is 10.5 Å². The van der Waals surface area contributed by atoms with E-state index in [1.807, 2.05) is 0 Å². The van der Waals surface area contributed by atoms with Gasteiger partial charge in [-0.1, -0.05) is 5.16 Å². The first kappa shape index (κ1) is 10.9. The first-order valence-corrected chi connectivity index (χ1v) is 4.46. The van der Waals surface area contributed by atoms with Crippen LogP contribution in [0.25, 0.3) is 0 Å². The molecule has 2 rings (SSSR count). The second-order valence-corrected chi connectivity index (χ2v) is 3.25. The molecular weight excluding hydrogens is 231 g/mol. The van der Waals surface area contributed by atoms with Crippen LogP contribution < -0.4 is 5.32 Å². The zero-order valence-corrected chi connectivity index (χ0v) is 8.23. The number of halogens is 1. The summed E-state index contributed by atoms with van der Waals surface area (Å²) in [6, 6.07) is 2.99. The van der Waals surface area contributed by atoms with E-state index in [-0.39, 0.29) is 11.3 Å². The third kappa shape index (κ3) is 1.67. The molecule has 0 aliphatic carbocycles. The normalized spacial score (nSPS) is 17.7. The van der Waals surface area contributed by atoms with Gasteiger partial charge >= 0.3 is 0 Å². The molecule has 0 atom stereocenters. The van der Waals surface area contributed by atoms with Crippen LogP contribution in [0.1, 0.15) is 10.4 Å². The molecule has 0 saturated heterocycles. The molecule has 0 fully saturated rings. The van der Waals surface area contributed by atoms with E-state index in [0.29, 0.717) is 0 Å². The minimum Gasteiger partial charge on any atom is -0.410 e. The number of nitrogens with one attached hydrogen (secondary N) is 1. The Hall–Kier alpha value is -2.57. The second kappa shape index (κ2) is 3.78. The lowest BCUT2D eigenvalue weighted by Gasteiger charge is -2.03. The number of hydrogen-bond donors (Lipinski definition) is 2. The van der Waals surface area contributed by atoms with Crippen molar-refractivity contribution >= 4 is 28.9 Å². The van der Waals surface area contributed by atoms with Crippen molar-refractivity contribution in [1.82, 2.24) is 0 Å². The molecule has 0 unspecified atom stereocenters. The number of carbonyl (C=O) groups is 3. The van der Waals surface area contributed by atoms with Crippen LogP contribution in [0.3, 0.4) is 0 Å². The highest BCUT2D eigenvalue weighted by Crippen LogP contribution is 2.21. The Kier molecular flexibility index (Phi) is 2.43. The lowest BCUT2D eigenvalue weighted by Crippen LogP contribution is -2.31. The van der Waals surface area contributed by atoms with Gasteiger partial charge in [-0.25, -0.2) is 4.39 Å². The van der Waals surface area contributed by atoms with E-state index in [1.54, 1.807) is 0 Å². The van der Waals surface area contributed by atoms with Crippen molar-refractivity contribution in [3.63, 3.8) is 0 Å². The molecule has 7 heteroatoms. The molecule has 0 aromatic heterocycles. The topological polar surface area (TPSA) is 95.8 Å². The van der Waals surface area contributed by atoms with E-state index in [9.17, 15) is 18.8 Å². The first-order valence-electron chi connectivity index (χ1n) is 4.46. The Morgan fingerprint density at radius 1 is 1.18 bits per heavy atom. The Balaban J connectivity index is 2.67. The SMILES string of the molecule is O=C1Nc2cc(F)ccc2C(=O)/C(=N/O)C1=O. The fourth-order valence-electron chi connectivity index (χ4n) is 1.43. The van der Waals surface area contributed by atoms with Gasteiger partial charge in [0.25, 0.3) is 11.7 Å². The van der Waals surface area contributed by atoms with Crippen LogP contribution in [-0.2, 0) is 9.59 Å². The number of benzene rings is 1. The van der Waals surface area contributed by atoms with E-state index in [4.69, 9.17) is 5.21 Å². The highest BCUT2D eigenvalue weighted by Gasteiger charge is 2.34. The molecule has 1 amide bonds. The summed E-state index contributed by atoms with van der Waals surface area (Å²) >= 11 is 0. The van der Waals surface area contributed by atoms with Crippen molar-refractivity contribution in [3.05, 3.63) is 29.6 Å². The van der Waals surface area contributed by atoms with Gasteiger partial charge in [0.15, 0.2) is 0 Å². The van der Waals surface area contributed by atoms with Crippen molar-refractivity contribution in [2.45, 2.75) is 0 Å². The molecule has 2 N–H and O–H groups in total. The maximum absolute atomic E-state index is 12.9. The summed E-state index contributed by atoms with van der Waals surface area (Å²) in [5.74, 6) is -4.04. The van der Waals surface area contributed by atoms with Gasteiger partial charge in [-0.2, -0.15) is 0 Å². The number of fused-ring (bicyclic) bond motifs is 1. The van der Waals surface area contributed by atoms with Crippen molar-refractivity contribution in [1.29, 1.82) is 0 Å². The van der Waals surface area contributed by atoms with E-state index in [0.717, 1.165) is 18.2 Å². The predicted molar refractivity (Wildman–Crippen MR) is 53.6 cm³/mol. The highest BCUT2D eigenvalue weighted by atomic mass is 19.1. The molecule has 0 saturated carbocycles. The molecule has 6 nitrogen and oxygen atoms in total. The van der Waals surface area contributed by atoms with Crippen LogP contribution >= 0.6 is 0 Å². The molecule has 1 heterocycles. The zero-order chi connectivity index (χ0) is 12.6. The van der Waals surface area contributed by atoms with Gasteiger partial charge in [0.05, 0.1) is 5.69 Å². The molecule has 1 aliphatic rings. The lowest BCUT2D eigenvalue weighted by molar-refractivity contribution is -0.130. The summed E-state index contributed by atoms with van der Waals surface area (Å²) in [7, 11) is 0. The van der Waals surface area contributed by atoms with Gasteiger partial charge in [0.1, 0.15) is 5.82 Å². The summed E-state index contributed by atoms with van der Waals surface area (Å²) in [6.07, 6.45) is 0. The number of Topliss-reactive ketones (excluding diaryl/α,β-unsaturated/α-hetero) is 2. The summed E-state index contributed by atoms with van der Waals surface area (Å²) in [5, 5.41) is 13.1. The van der Waals surface area contributed by atoms with Crippen molar-refractivity contribution < 1.29 is 24.0 Å². The van der Waals surface area contributed by atoms with Gasteiger partial charge in [-0.15, -0.1) is 0 Å². The fraction of sp³-hybridized carbons (Fsp3) is 0. The molecule has 86 valence electrons. The predicted octanol–water partition coefficient (Wildman–Crippen LogP) is 0.360. The number of hydrogen-bond acceptors (Lipinski definition) is 5. The van der Waals surface area contributed by atoms with Gasteiger partial charge in [-0.3, -0.25) is 14.4 Å². The minimum absolute atomic E-state index is 0.113. The minimum atomic E-state index is -1.27. The Morgan fingerprint density at radius 2 is 1.88 bits per heavy atom. The van der Waals surface area contributed by atoms with Gasteiger partial charge in [0.2, 0.25) is 11.5 Å². The molecule has 0 radical (unpaired) electrons. The maximum Gasteiger partial charge on any atom is 0.298 e.